The number of hydrogen-bond donors (Lipinski definition) is 0. The molecule has 0 N–H and O–H groups in total. The summed E-state index contributed by atoms with van der Waals surface area (Å²) in [5.74, 6) is 0. The zero-order valence-corrected chi connectivity index (χ0v) is 13.7. The van der Waals surface area contributed by atoms with Gasteiger partial charge < -0.3 is 0 Å². The fourth-order valence-corrected chi connectivity index (χ4v) is 5.77. The molecule has 0 atom stereocenters. The third-order valence-corrected chi connectivity index (χ3v) is 8.12. The van der Waals surface area contributed by atoms with Gasteiger partial charge in [0.2, 0.25) is 0 Å². The Morgan fingerprint density at radius 2 is 0.952 bits per heavy atom. The molecule has 0 saturated heterocycles. The van der Waals surface area contributed by atoms with Gasteiger partial charge in [0.05, 0.1) is 0 Å². The van der Waals surface area contributed by atoms with Crippen molar-refractivity contribution in [3.8, 4) is 0 Å². The van der Waals surface area contributed by atoms with Gasteiger partial charge in [-0.15, -0.1) is 0 Å². The van der Waals surface area contributed by atoms with Crippen molar-refractivity contribution in [3.05, 3.63) is 80.7 Å². The van der Waals surface area contributed by atoms with Gasteiger partial charge in [-0.3, -0.25) is 0 Å². The normalized spacial score (nSPS) is 17.4. The van der Waals surface area contributed by atoms with E-state index in [0.717, 1.165) is 22.3 Å². The van der Waals surface area contributed by atoms with Crippen molar-refractivity contribution >= 4 is 23.9 Å². The Kier molecular flexibility index (Phi) is 3.40. The van der Waals surface area contributed by atoms with E-state index >= 15 is 0 Å². The number of rotatable bonds is 2. The van der Waals surface area contributed by atoms with Crippen molar-refractivity contribution < 1.29 is 7.67 Å². The summed E-state index contributed by atoms with van der Waals surface area (Å²) in [6, 6.07) is 19.5. The van der Waals surface area contributed by atoms with Crippen molar-refractivity contribution in [3.63, 3.8) is 0 Å². The fraction of sp³-hybridized carbons (Fsp3) is 0.111. The van der Waals surface area contributed by atoms with Gasteiger partial charge in [0.1, 0.15) is 0 Å². The molecule has 2 aromatic carbocycles. The molecule has 2 aromatic rings. The summed E-state index contributed by atoms with van der Waals surface area (Å²) in [7, 11) is 0. The maximum atomic E-state index is 12.6. The fourth-order valence-electron chi connectivity index (χ4n) is 2.76. The maximum absolute atomic E-state index is 12.6. The van der Waals surface area contributed by atoms with Gasteiger partial charge in [0.25, 0.3) is 0 Å². The van der Waals surface area contributed by atoms with Crippen LogP contribution in [0, 0.1) is 0 Å². The van der Waals surface area contributed by atoms with E-state index in [4.69, 9.17) is 0 Å². The molecule has 1 heterocycles. The monoisotopic (exact) mass is 344 g/mol. The van der Waals surface area contributed by atoms with Crippen molar-refractivity contribution in [2.75, 3.05) is 0 Å². The van der Waals surface area contributed by atoms with E-state index in [9.17, 15) is 7.67 Å². The molecule has 0 bridgehead atoms. The Morgan fingerprint density at radius 3 is 1.29 bits per heavy atom. The average Bonchev–Trinajstić information content (AvgIpc) is 2.69. The van der Waals surface area contributed by atoms with Crippen LogP contribution in [0.3, 0.4) is 0 Å². The van der Waals surface area contributed by atoms with Crippen LogP contribution in [-0.2, 0) is 7.67 Å². The summed E-state index contributed by atoms with van der Waals surface area (Å²) in [6.07, 6.45) is 0. The summed E-state index contributed by atoms with van der Waals surface area (Å²) in [6.45, 7) is 3.45. The third kappa shape index (κ3) is 2.19. The minimum absolute atomic E-state index is 0.508. The molecule has 106 valence electrons. The molecule has 1 aliphatic heterocycles. The summed E-state index contributed by atoms with van der Waals surface area (Å²) < 4.78 is 26.3. The first kappa shape index (κ1) is 14.0. The van der Waals surface area contributed by atoms with Gasteiger partial charge in [-0.05, 0) is 0 Å². The summed E-state index contributed by atoms with van der Waals surface area (Å²) in [5.41, 5.74) is 3.62. The molecule has 2 nitrogen and oxygen atoms in total. The Bertz CT molecular complexity index is 775. The van der Waals surface area contributed by atoms with Gasteiger partial charge >= 0.3 is 126 Å². The van der Waals surface area contributed by atoms with Crippen LogP contribution in [0.1, 0.15) is 25.0 Å². The van der Waals surface area contributed by atoms with Crippen LogP contribution in [0.5, 0.6) is 0 Å². The molecule has 0 spiro atoms. The molecule has 0 saturated carbocycles. The van der Waals surface area contributed by atoms with E-state index in [0.29, 0.717) is 8.94 Å². The van der Waals surface area contributed by atoms with Crippen LogP contribution in [0.4, 0.5) is 0 Å². The standard InChI is InChI=1S/C18H16O2Se/c1-13-17(15-9-5-3-6-10-15)18(14(2)21(13,19)20)16-11-7-4-8-12-16/h3-12H,1-2H3. The first-order valence-electron chi connectivity index (χ1n) is 6.81. The molecule has 21 heavy (non-hydrogen) atoms. The third-order valence-electron chi connectivity index (χ3n) is 3.89. The van der Waals surface area contributed by atoms with Crippen LogP contribution in [-0.4, -0.2) is 12.7 Å². The molecular formula is C18H16O2Se. The van der Waals surface area contributed by atoms with E-state index in [1.807, 2.05) is 60.7 Å². The van der Waals surface area contributed by atoms with Gasteiger partial charge in [-0.1, -0.05) is 0 Å². The van der Waals surface area contributed by atoms with E-state index in [-0.39, 0.29) is 0 Å². The first-order chi connectivity index (χ1) is 10.0. The van der Waals surface area contributed by atoms with Crippen molar-refractivity contribution in [1.29, 1.82) is 0 Å². The summed E-state index contributed by atoms with van der Waals surface area (Å²) in [4.78, 5) is 0. The molecule has 0 fully saturated rings. The zero-order valence-electron chi connectivity index (χ0n) is 12.0. The number of allylic oxidation sites excluding steroid dienone is 4. The molecular weight excluding hydrogens is 327 g/mol. The molecule has 0 unspecified atom stereocenters. The van der Waals surface area contributed by atoms with E-state index in [1.165, 1.54) is 0 Å². The quantitative estimate of drug-likeness (QED) is 0.761. The van der Waals surface area contributed by atoms with Crippen LogP contribution in [0.25, 0.3) is 11.1 Å². The first-order valence-corrected chi connectivity index (χ1v) is 9.92. The van der Waals surface area contributed by atoms with Crippen molar-refractivity contribution in [2.24, 2.45) is 0 Å². The second kappa shape index (κ2) is 5.10. The number of benzene rings is 2. The molecule has 0 aliphatic carbocycles. The second-order valence-corrected chi connectivity index (χ2v) is 9.78. The predicted molar refractivity (Wildman–Crippen MR) is 85.2 cm³/mol. The van der Waals surface area contributed by atoms with E-state index in [2.05, 4.69) is 0 Å². The molecule has 0 radical (unpaired) electrons. The minimum atomic E-state index is -4.18. The topological polar surface area (TPSA) is 34.1 Å². The predicted octanol–water partition coefficient (Wildman–Crippen LogP) is 4.33. The molecule has 3 heteroatoms. The van der Waals surface area contributed by atoms with Gasteiger partial charge in [0.15, 0.2) is 0 Å². The Morgan fingerprint density at radius 1 is 0.619 bits per heavy atom. The van der Waals surface area contributed by atoms with E-state index in [1.54, 1.807) is 13.8 Å². The Hall–Kier alpha value is -1.96. The van der Waals surface area contributed by atoms with Crippen molar-refractivity contribution in [1.82, 2.24) is 0 Å². The van der Waals surface area contributed by atoms with Crippen LogP contribution in [0.2, 0.25) is 0 Å². The molecule has 0 aromatic heterocycles. The van der Waals surface area contributed by atoms with Crippen LogP contribution >= 0.6 is 0 Å². The van der Waals surface area contributed by atoms with Gasteiger partial charge in [-0.2, -0.15) is 0 Å². The van der Waals surface area contributed by atoms with E-state index < -0.39 is 12.7 Å². The second-order valence-electron chi connectivity index (χ2n) is 5.10. The Balaban J connectivity index is 2.33. The van der Waals surface area contributed by atoms with Gasteiger partial charge in [0, 0.05) is 0 Å². The summed E-state index contributed by atoms with van der Waals surface area (Å²) >= 11 is -4.18. The number of hydrogen-bond acceptors (Lipinski definition) is 2. The molecule has 1 aliphatic rings. The summed E-state index contributed by atoms with van der Waals surface area (Å²) in [5, 5.41) is 0. The zero-order chi connectivity index (χ0) is 15.0. The molecule has 0 amide bonds. The van der Waals surface area contributed by atoms with Crippen molar-refractivity contribution in [2.45, 2.75) is 13.8 Å². The van der Waals surface area contributed by atoms with Crippen LogP contribution in [0.15, 0.2) is 69.6 Å². The SMILES string of the molecule is CC1=C(c2ccccc2)C(c2ccccc2)=C(C)[Se]1(=O)=O. The van der Waals surface area contributed by atoms with Crippen LogP contribution < -0.4 is 0 Å². The molecule has 3 rings (SSSR count). The average molecular weight is 343 g/mol. The van der Waals surface area contributed by atoms with Gasteiger partial charge in [-0.25, -0.2) is 0 Å². The Labute approximate surface area is 126 Å².